The molecule has 0 heterocycles. The third-order valence-electron chi connectivity index (χ3n) is 4.18. The van der Waals surface area contributed by atoms with Gasteiger partial charge in [0.15, 0.2) is 0 Å². The van der Waals surface area contributed by atoms with Crippen LogP contribution in [0.5, 0.6) is 5.75 Å². The second-order valence-electron chi connectivity index (χ2n) is 7.21. The summed E-state index contributed by atoms with van der Waals surface area (Å²) in [6.07, 6.45) is 0. The molecule has 154 valence electrons. The van der Waals surface area contributed by atoms with Crippen molar-refractivity contribution in [3.63, 3.8) is 0 Å². The predicted octanol–water partition coefficient (Wildman–Crippen LogP) is 5.99. The van der Waals surface area contributed by atoms with E-state index in [1.165, 1.54) is 0 Å². The zero-order chi connectivity index (χ0) is 21.5. The van der Waals surface area contributed by atoms with E-state index < -0.39 is 0 Å². The number of carbonyl (C=O) groups excluding carboxylic acids is 2. The molecule has 30 heavy (non-hydrogen) atoms. The lowest BCUT2D eigenvalue weighted by molar-refractivity contribution is 0.101. The van der Waals surface area contributed by atoms with Crippen LogP contribution in [0.25, 0.3) is 0 Å². The highest BCUT2D eigenvalue weighted by Crippen LogP contribution is 2.27. The monoisotopic (exact) mass is 466 g/mol. The highest BCUT2D eigenvalue weighted by Gasteiger charge is 2.11. The molecule has 3 aromatic rings. The zero-order valence-corrected chi connectivity index (χ0v) is 18.4. The summed E-state index contributed by atoms with van der Waals surface area (Å²) in [5, 5.41) is 5.69. The van der Waals surface area contributed by atoms with Gasteiger partial charge in [0.05, 0.1) is 11.1 Å². The number of halogens is 1. The molecule has 0 aliphatic rings. The summed E-state index contributed by atoms with van der Waals surface area (Å²) in [7, 11) is 0. The number of rotatable bonds is 7. The van der Waals surface area contributed by atoms with Gasteiger partial charge >= 0.3 is 0 Å². The number of ether oxygens (including phenoxy) is 1. The molecule has 3 rings (SSSR count). The van der Waals surface area contributed by atoms with Gasteiger partial charge in [-0.1, -0.05) is 38.1 Å². The Kier molecular flexibility index (Phi) is 7.25. The van der Waals surface area contributed by atoms with E-state index in [1.807, 2.05) is 18.2 Å². The summed E-state index contributed by atoms with van der Waals surface area (Å²) < 4.78 is 6.44. The molecule has 0 radical (unpaired) electrons. The van der Waals surface area contributed by atoms with E-state index in [-0.39, 0.29) is 11.8 Å². The summed E-state index contributed by atoms with van der Waals surface area (Å²) in [5.74, 6) is 0.651. The molecule has 0 fully saturated rings. The number of benzene rings is 3. The minimum Gasteiger partial charge on any atom is -0.492 e. The van der Waals surface area contributed by atoms with E-state index >= 15 is 0 Å². The number of hydrogen-bond donors (Lipinski definition) is 2. The third kappa shape index (κ3) is 5.94. The van der Waals surface area contributed by atoms with Gasteiger partial charge in [0.2, 0.25) is 0 Å². The molecule has 5 nitrogen and oxygen atoms in total. The SMILES string of the molecule is CC(C)COc1ccc(C(=O)Nc2cccc(NC(=O)c3ccccc3)c2)cc1Br. The molecule has 0 aromatic heterocycles. The van der Waals surface area contributed by atoms with Crippen molar-refractivity contribution >= 4 is 39.1 Å². The van der Waals surface area contributed by atoms with E-state index in [1.54, 1.807) is 54.6 Å². The quantitative estimate of drug-likeness (QED) is 0.449. The van der Waals surface area contributed by atoms with Gasteiger partial charge in [-0.15, -0.1) is 0 Å². The van der Waals surface area contributed by atoms with Crippen LogP contribution in [0.3, 0.4) is 0 Å². The third-order valence-corrected chi connectivity index (χ3v) is 4.80. The van der Waals surface area contributed by atoms with Gasteiger partial charge in [0, 0.05) is 22.5 Å². The van der Waals surface area contributed by atoms with Crippen molar-refractivity contribution < 1.29 is 14.3 Å². The summed E-state index contributed by atoms with van der Waals surface area (Å²) >= 11 is 3.46. The summed E-state index contributed by atoms with van der Waals surface area (Å²) in [4.78, 5) is 25.0. The normalized spacial score (nSPS) is 10.5. The maximum absolute atomic E-state index is 12.6. The van der Waals surface area contributed by atoms with E-state index in [0.29, 0.717) is 40.8 Å². The van der Waals surface area contributed by atoms with Crippen molar-refractivity contribution in [2.75, 3.05) is 17.2 Å². The molecule has 2 amide bonds. The smallest absolute Gasteiger partial charge is 0.255 e. The van der Waals surface area contributed by atoms with Gasteiger partial charge in [-0.25, -0.2) is 0 Å². The first-order chi connectivity index (χ1) is 14.4. The Morgan fingerprint density at radius 1 is 0.833 bits per heavy atom. The fraction of sp³-hybridized carbons (Fsp3) is 0.167. The van der Waals surface area contributed by atoms with Crippen LogP contribution in [0.4, 0.5) is 11.4 Å². The largest absolute Gasteiger partial charge is 0.492 e. The Morgan fingerprint density at radius 3 is 2.07 bits per heavy atom. The van der Waals surface area contributed by atoms with Gasteiger partial charge < -0.3 is 15.4 Å². The average Bonchev–Trinajstić information content (AvgIpc) is 2.73. The van der Waals surface area contributed by atoms with Crippen molar-refractivity contribution in [1.29, 1.82) is 0 Å². The Bertz CT molecular complexity index is 1040. The number of nitrogens with one attached hydrogen (secondary N) is 2. The molecule has 6 heteroatoms. The Balaban J connectivity index is 1.66. The number of hydrogen-bond acceptors (Lipinski definition) is 3. The number of anilines is 2. The van der Waals surface area contributed by atoms with E-state index in [4.69, 9.17) is 4.74 Å². The molecular weight excluding hydrogens is 444 g/mol. The van der Waals surface area contributed by atoms with Crippen molar-refractivity contribution in [3.05, 3.63) is 88.4 Å². The molecular formula is C24H23BrN2O3. The maximum atomic E-state index is 12.6. The van der Waals surface area contributed by atoms with Crippen LogP contribution in [0.2, 0.25) is 0 Å². The second kappa shape index (κ2) is 10.1. The van der Waals surface area contributed by atoms with Crippen LogP contribution in [0.15, 0.2) is 77.3 Å². The molecule has 0 aliphatic heterocycles. The number of amides is 2. The highest BCUT2D eigenvalue weighted by atomic mass is 79.9. The van der Waals surface area contributed by atoms with Crippen LogP contribution in [0, 0.1) is 5.92 Å². The molecule has 0 saturated heterocycles. The molecule has 3 aromatic carbocycles. The van der Waals surface area contributed by atoms with E-state index in [2.05, 4.69) is 40.4 Å². The van der Waals surface area contributed by atoms with Crippen LogP contribution >= 0.6 is 15.9 Å². The van der Waals surface area contributed by atoms with Crippen molar-refractivity contribution in [2.24, 2.45) is 5.92 Å². The van der Waals surface area contributed by atoms with Gasteiger partial charge in [-0.2, -0.15) is 0 Å². The average molecular weight is 467 g/mol. The Morgan fingerprint density at radius 2 is 1.47 bits per heavy atom. The van der Waals surface area contributed by atoms with Crippen LogP contribution < -0.4 is 15.4 Å². The van der Waals surface area contributed by atoms with Crippen molar-refractivity contribution in [3.8, 4) is 5.75 Å². The summed E-state index contributed by atoms with van der Waals surface area (Å²) in [5.41, 5.74) is 2.25. The lowest BCUT2D eigenvalue weighted by atomic mass is 10.2. The summed E-state index contributed by atoms with van der Waals surface area (Å²) in [6, 6.07) is 21.2. The van der Waals surface area contributed by atoms with Gasteiger partial charge in [-0.3, -0.25) is 9.59 Å². The van der Waals surface area contributed by atoms with Crippen molar-refractivity contribution in [2.45, 2.75) is 13.8 Å². The topological polar surface area (TPSA) is 67.4 Å². The lowest BCUT2D eigenvalue weighted by Crippen LogP contribution is -2.14. The lowest BCUT2D eigenvalue weighted by Gasteiger charge is -2.12. The predicted molar refractivity (Wildman–Crippen MR) is 123 cm³/mol. The maximum Gasteiger partial charge on any atom is 0.255 e. The van der Waals surface area contributed by atoms with E-state index in [9.17, 15) is 9.59 Å². The first-order valence-electron chi connectivity index (χ1n) is 9.62. The molecule has 0 spiro atoms. The fourth-order valence-electron chi connectivity index (χ4n) is 2.69. The molecule has 0 atom stereocenters. The molecule has 0 saturated carbocycles. The fourth-order valence-corrected chi connectivity index (χ4v) is 3.18. The highest BCUT2D eigenvalue weighted by molar-refractivity contribution is 9.10. The van der Waals surface area contributed by atoms with Crippen molar-refractivity contribution in [1.82, 2.24) is 0 Å². The summed E-state index contributed by atoms with van der Waals surface area (Å²) in [6.45, 7) is 4.75. The van der Waals surface area contributed by atoms with Gasteiger partial charge in [0.1, 0.15) is 5.75 Å². The Hall–Kier alpha value is -3.12. The Labute approximate surface area is 184 Å². The van der Waals surface area contributed by atoms with Gasteiger partial charge in [0.25, 0.3) is 11.8 Å². The molecule has 0 aliphatic carbocycles. The van der Waals surface area contributed by atoms with Gasteiger partial charge in [-0.05, 0) is 70.4 Å². The number of carbonyl (C=O) groups is 2. The van der Waals surface area contributed by atoms with Crippen LogP contribution in [-0.4, -0.2) is 18.4 Å². The zero-order valence-electron chi connectivity index (χ0n) is 16.8. The minimum atomic E-state index is -0.252. The van der Waals surface area contributed by atoms with Crippen LogP contribution in [0.1, 0.15) is 34.6 Å². The minimum absolute atomic E-state index is 0.208. The first kappa shape index (κ1) is 21.6. The second-order valence-corrected chi connectivity index (χ2v) is 8.06. The van der Waals surface area contributed by atoms with E-state index in [0.717, 1.165) is 4.47 Å². The molecule has 2 N–H and O–H groups in total. The standard InChI is InChI=1S/C24H23BrN2O3/c1-16(2)15-30-22-12-11-18(13-21(22)25)24(29)27-20-10-6-9-19(14-20)26-23(28)17-7-4-3-5-8-17/h3-14,16H,15H2,1-2H3,(H,26,28)(H,27,29). The molecule has 0 unspecified atom stereocenters. The van der Waals surface area contributed by atoms with Crippen LogP contribution in [-0.2, 0) is 0 Å². The first-order valence-corrected chi connectivity index (χ1v) is 10.4. The molecule has 0 bridgehead atoms.